The number of rotatable bonds is 9. The molecule has 8 heteroatoms. The first-order valence-electron chi connectivity index (χ1n) is 11.4. The van der Waals surface area contributed by atoms with Gasteiger partial charge in [-0.15, -0.1) is 0 Å². The summed E-state index contributed by atoms with van der Waals surface area (Å²) in [4.78, 5) is 11.6. The van der Waals surface area contributed by atoms with Gasteiger partial charge in [-0.05, 0) is 18.2 Å². The van der Waals surface area contributed by atoms with Gasteiger partial charge in [0, 0.05) is 67.5 Å². The van der Waals surface area contributed by atoms with Crippen LogP contribution in [0, 0.1) is 0 Å². The molecule has 0 fully saturated rings. The lowest BCUT2D eigenvalue weighted by atomic mass is 10.2. The van der Waals surface area contributed by atoms with Gasteiger partial charge in [-0.3, -0.25) is 9.67 Å². The molecule has 0 aliphatic rings. The number of hydrogen-bond donors (Lipinski definition) is 1. The minimum absolute atomic E-state index is 0.301. The second-order valence-electron chi connectivity index (χ2n) is 8.05. The molecule has 172 valence electrons. The van der Waals surface area contributed by atoms with Gasteiger partial charge in [0.15, 0.2) is 0 Å². The summed E-state index contributed by atoms with van der Waals surface area (Å²) in [5.74, 6) is 1.44. The van der Waals surface area contributed by atoms with Crippen LogP contribution in [0.5, 0.6) is 11.5 Å². The number of ether oxygens (including phenoxy) is 2. The van der Waals surface area contributed by atoms with E-state index in [1.165, 1.54) is 4.68 Å². The average molecular weight is 448 g/mol. The molecule has 2 aromatic carbocycles. The lowest BCUT2D eigenvalue weighted by Gasteiger charge is -2.27. The Balaban J connectivity index is 1.77. The van der Waals surface area contributed by atoms with E-state index in [1.807, 2.05) is 36.4 Å². The standard InChI is InChI=1S/C25H30N6O2/c1-17(2)26-8-9-31(20-10-21(32-4)13-22(11-20)33-5)19-6-7-23-24(12-19)29-25(15-27-23)18-14-28-30(3)16-18/h6-7,10-17,26H,8-9H2,1-5H3/i16D. The summed E-state index contributed by atoms with van der Waals surface area (Å²) < 4.78 is 20.7. The summed E-state index contributed by atoms with van der Waals surface area (Å²) in [6.07, 6.45) is 3.64. The van der Waals surface area contributed by atoms with Crippen molar-refractivity contribution in [1.82, 2.24) is 25.1 Å². The lowest BCUT2D eigenvalue weighted by molar-refractivity contribution is 0.394. The zero-order valence-electron chi connectivity index (χ0n) is 20.7. The molecule has 4 rings (SSSR count). The van der Waals surface area contributed by atoms with E-state index in [1.54, 1.807) is 33.7 Å². The summed E-state index contributed by atoms with van der Waals surface area (Å²) in [5.41, 5.74) is 4.72. The zero-order valence-corrected chi connectivity index (χ0v) is 19.7. The van der Waals surface area contributed by atoms with Crippen molar-refractivity contribution < 1.29 is 10.8 Å². The molecule has 0 bridgehead atoms. The van der Waals surface area contributed by atoms with Crippen LogP contribution in [0.4, 0.5) is 11.4 Å². The van der Waals surface area contributed by atoms with Crippen LogP contribution >= 0.6 is 0 Å². The number of aromatic nitrogens is 4. The molecule has 0 amide bonds. The van der Waals surface area contributed by atoms with Crippen LogP contribution in [0.2, 0.25) is 0 Å². The predicted molar refractivity (Wildman–Crippen MR) is 131 cm³/mol. The molecule has 0 unspecified atom stereocenters. The van der Waals surface area contributed by atoms with E-state index >= 15 is 0 Å². The topological polar surface area (TPSA) is 77.3 Å². The van der Waals surface area contributed by atoms with Crippen molar-refractivity contribution in [3.8, 4) is 22.8 Å². The molecular weight excluding hydrogens is 416 g/mol. The van der Waals surface area contributed by atoms with E-state index in [9.17, 15) is 0 Å². The number of methoxy groups -OCH3 is 2. The van der Waals surface area contributed by atoms with E-state index in [4.69, 9.17) is 15.8 Å². The molecule has 2 aromatic heterocycles. The summed E-state index contributed by atoms with van der Waals surface area (Å²) in [7, 11) is 5.04. The minimum Gasteiger partial charge on any atom is -0.497 e. The van der Waals surface area contributed by atoms with Gasteiger partial charge in [0.2, 0.25) is 0 Å². The first-order valence-corrected chi connectivity index (χ1v) is 10.9. The number of aryl methyl sites for hydroxylation is 1. The molecule has 0 saturated heterocycles. The second-order valence-corrected chi connectivity index (χ2v) is 8.05. The highest BCUT2D eigenvalue weighted by Crippen LogP contribution is 2.34. The molecule has 0 aliphatic carbocycles. The molecule has 0 atom stereocenters. The number of benzene rings is 2. The van der Waals surface area contributed by atoms with Crippen molar-refractivity contribution in [3.63, 3.8) is 0 Å². The Morgan fingerprint density at radius 1 is 1.03 bits per heavy atom. The third-order valence-corrected chi connectivity index (χ3v) is 5.29. The highest BCUT2D eigenvalue weighted by Gasteiger charge is 2.14. The Morgan fingerprint density at radius 3 is 2.42 bits per heavy atom. The molecule has 0 spiro atoms. The average Bonchev–Trinajstić information content (AvgIpc) is 3.18. The normalized spacial score (nSPS) is 11.6. The maximum Gasteiger partial charge on any atom is 0.124 e. The van der Waals surface area contributed by atoms with E-state index in [2.05, 4.69) is 34.1 Å². The van der Waals surface area contributed by atoms with Crippen LogP contribution in [0.15, 0.2) is 55.0 Å². The predicted octanol–water partition coefficient (Wildman–Crippen LogP) is 4.18. The van der Waals surface area contributed by atoms with Crippen molar-refractivity contribution in [3.05, 3.63) is 55.0 Å². The van der Waals surface area contributed by atoms with E-state index < -0.39 is 0 Å². The van der Waals surface area contributed by atoms with Crippen LogP contribution in [0.1, 0.15) is 15.2 Å². The number of hydrogen-bond acceptors (Lipinski definition) is 7. The van der Waals surface area contributed by atoms with E-state index in [0.717, 1.165) is 47.0 Å². The fourth-order valence-electron chi connectivity index (χ4n) is 3.62. The smallest absolute Gasteiger partial charge is 0.124 e. The van der Waals surface area contributed by atoms with Crippen LogP contribution < -0.4 is 19.7 Å². The van der Waals surface area contributed by atoms with Gasteiger partial charge in [-0.1, -0.05) is 13.8 Å². The molecule has 0 radical (unpaired) electrons. The Labute approximate surface area is 195 Å². The zero-order chi connectivity index (χ0) is 24.2. The van der Waals surface area contributed by atoms with Crippen molar-refractivity contribution in [1.29, 1.82) is 0 Å². The van der Waals surface area contributed by atoms with Gasteiger partial charge < -0.3 is 19.7 Å². The third-order valence-electron chi connectivity index (χ3n) is 5.29. The maximum atomic E-state index is 8.22. The summed E-state index contributed by atoms with van der Waals surface area (Å²) >= 11 is 0. The number of nitrogens with one attached hydrogen (secondary N) is 1. The molecule has 33 heavy (non-hydrogen) atoms. The van der Waals surface area contributed by atoms with Crippen molar-refractivity contribution in [2.24, 2.45) is 7.05 Å². The third kappa shape index (κ3) is 5.23. The summed E-state index contributed by atoms with van der Waals surface area (Å²) in [6.45, 7) is 5.78. The van der Waals surface area contributed by atoms with Gasteiger partial charge in [-0.2, -0.15) is 5.10 Å². The highest BCUT2D eigenvalue weighted by molar-refractivity contribution is 5.82. The van der Waals surface area contributed by atoms with Gasteiger partial charge >= 0.3 is 0 Å². The minimum atomic E-state index is 0.301. The molecule has 0 saturated carbocycles. The van der Waals surface area contributed by atoms with Crippen LogP contribution in [-0.4, -0.2) is 53.1 Å². The number of fused-ring (bicyclic) bond motifs is 1. The van der Waals surface area contributed by atoms with Crippen LogP contribution in [0.3, 0.4) is 0 Å². The van der Waals surface area contributed by atoms with E-state index in [0.29, 0.717) is 23.5 Å². The fourth-order valence-corrected chi connectivity index (χ4v) is 3.62. The van der Waals surface area contributed by atoms with Gasteiger partial charge in [0.05, 0.1) is 44.7 Å². The Morgan fingerprint density at radius 2 is 1.79 bits per heavy atom. The van der Waals surface area contributed by atoms with Crippen molar-refractivity contribution >= 4 is 22.4 Å². The molecule has 0 aliphatic heterocycles. The summed E-state index contributed by atoms with van der Waals surface area (Å²) in [5, 5.41) is 7.65. The number of anilines is 2. The maximum absolute atomic E-state index is 8.22. The molecule has 8 nitrogen and oxygen atoms in total. The Hall–Kier alpha value is -3.65. The van der Waals surface area contributed by atoms with Gasteiger partial charge in [0.1, 0.15) is 11.5 Å². The Kier molecular flexibility index (Phi) is 6.34. The number of nitrogens with zero attached hydrogens (tertiary/aromatic N) is 5. The van der Waals surface area contributed by atoms with Gasteiger partial charge in [-0.25, -0.2) is 4.98 Å². The summed E-state index contributed by atoms with van der Waals surface area (Å²) in [6, 6.07) is 12.2. The van der Waals surface area contributed by atoms with Crippen molar-refractivity contribution in [2.45, 2.75) is 19.9 Å². The van der Waals surface area contributed by atoms with Crippen LogP contribution in [-0.2, 0) is 7.05 Å². The highest BCUT2D eigenvalue weighted by atomic mass is 16.5. The molecule has 4 aromatic rings. The Bertz CT molecular complexity index is 1270. The monoisotopic (exact) mass is 447 g/mol. The first-order chi connectivity index (χ1) is 16.4. The largest absolute Gasteiger partial charge is 0.497 e. The first kappa shape index (κ1) is 21.2. The van der Waals surface area contributed by atoms with E-state index in [-0.39, 0.29) is 0 Å². The van der Waals surface area contributed by atoms with Gasteiger partial charge in [0.25, 0.3) is 0 Å². The quantitative estimate of drug-likeness (QED) is 0.412. The van der Waals surface area contributed by atoms with Crippen molar-refractivity contribution in [2.75, 3.05) is 32.2 Å². The SMILES string of the molecule is [2H]c1c(-c2cnc3ccc(N(CCNC(C)C)c4cc(OC)cc(OC)c4)cc3n2)cnn1C. The lowest BCUT2D eigenvalue weighted by Crippen LogP contribution is -2.32. The molecular formula is C25H30N6O2. The second kappa shape index (κ2) is 9.87. The molecule has 1 N–H and O–H groups in total. The molecule has 2 heterocycles. The fraction of sp³-hybridized carbons (Fsp3) is 0.320. The van der Waals surface area contributed by atoms with Crippen LogP contribution in [0.25, 0.3) is 22.3 Å².